The molecule has 190 valence electrons. The summed E-state index contributed by atoms with van der Waals surface area (Å²) in [6.07, 6.45) is 8.06. The summed E-state index contributed by atoms with van der Waals surface area (Å²) in [7, 11) is 0. The Hall–Kier alpha value is -4.88. The van der Waals surface area contributed by atoms with Crippen LogP contribution in [0.2, 0.25) is 0 Å². The Balaban J connectivity index is 1.53. The van der Waals surface area contributed by atoms with Gasteiger partial charge < -0.3 is 4.90 Å². The van der Waals surface area contributed by atoms with E-state index in [1.807, 2.05) is 25.2 Å². The van der Waals surface area contributed by atoms with E-state index in [9.17, 15) is 0 Å². The van der Waals surface area contributed by atoms with E-state index in [0.717, 1.165) is 28.2 Å². The summed E-state index contributed by atoms with van der Waals surface area (Å²) in [6, 6.07) is 45.5. The van der Waals surface area contributed by atoms with Crippen molar-refractivity contribution in [1.29, 1.82) is 0 Å². The van der Waals surface area contributed by atoms with E-state index in [2.05, 4.69) is 152 Å². The zero-order valence-corrected chi connectivity index (χ0v) is 22.6. The summed E-state index contributed by atoms with van der Waals surface area (Å²) in [4.78, 5) is 2.31. The van der Waals surface area contributed by atoms with E-state index >= 15 is 0 Å². The highest BCUT2D eigenvalue weighted by atomic mass is 15.1. The van der Waals surface area contributed by atoms with E-state index in [4.69, 9.17) is 0 Å². The molecule has 0 fully saturated rings. The molecule has 0 unspecified atom stereocenters. The minimum absolute atomic E-state index is 1.10. The SMILES string of the molecule is C=C/C(=C\C=C/C)c1ccc(N(c2ccc(-c3ccccc3)cc2)c2ccc(-c3ccc(C)cc3)cc2)cc1. The molecule has 0 aliphatic heterocycles. The van der Waals surface area contributed by atoms with E-state index < -0.39 is 0 Å². The standard InChI is InChI=1S/C38H33N/c1-4-6-10-30(5-2)32-17-23-36(24-18-32)39(37-25-19-34(20-26-37)31-11-8-7-9-12-31)38-27-21-35(22-28-38)33-15-13-29(3)14-16-33/h4-28H,2H2,1,3H3/b6-4-,30-10+. The molecule has 39 heavy (non-hydrogen) atoms. The molecule has 5 rings (SSSR count). The monoisotopic (exact) mass is 503 g/mol. The highest BCUT2D eigenvalue weighted by Crippen LogP contribution is 2.37. The maximum absolute atomic E-state index is 4.00. The number of aryl methyl sites for hydroxylation is 1. The maximum atomic E-state index is 4.00. The van der Waals surface area contributed by atoms with Crippen LogP contribution in [-0.4, -0.2) is 0 Å². The number of hydrogen-bond donors (Lipinski definition) is 0. The van der Waals surface area contributed by atoms with E-state index in [0.29, 0.717) is 0 Å². The van der Waals surface area contributed by atoms with Crippen molar-refractivity contribution < 1.29 is 0 Å². The molecular formula is C38H33N. The zero-order valence-electron chi connectivity index (χ0n) is 22.6. The fourth-order valence-electron chi connectivity index (χ4n) is 4.71. The fraction of sp³-hybridized carbons (Fsp3) is 0.0526. The lowest BCUT2D eigenvalue weighted by Crippen LogP contribution is -2.09. The van der Waals surface area contributed by atoms with Crippen LogP contribution < -0.4 is 4.90 Å². The van der Waals surface area contributed by atoms with Gasteiger partial charge in [-0.3, -0.25) is 0 Å². The van der Waals surface area contributed by atoms with Crippen molar-refractivity contribution in [3.8, 4) is 22.3 Å². The lowest BCUT2D eigenvalue weighted by atomic mass is 10.0. The Bertz CT molecular complexity index is 1570. The van der Waals surface area contributed by atoms with Crippen molar-refractivity contribution in [2.45, 2.75) is 13.8 Å². The first-order valence-electron chi connectivity index (χ1n) is 13.3. The van der Waals surface area contributed by atoms with Gasteiger partial charge in [0.05, 0.1) is 0 Å². The van der Waals surface area contributed by atoms with Crippen LogP contribution in [0.5, 0.6) is 0 Å². The molecule has 0 bridgehead atoms. The third-order valence-electron chi connectivity index (χ3n) is 6.89. The first-order chi connectivity index (χ1) is 19.2. The fourth-order valence-corrected chi connectivity index (χ4v) is 4.71. The van der Waals surface area contributed by atoms with Gasteiger partial charge in [0.1, 0.15) is 0 Å². The number of benzene rings is 5. The molecule has 0 aliphatic carbocycles. The quantitative estimate of drug-likeness (QED) is 0.190. The zero-order chi connectivity index (χ0) is 27.0. The van der Waals surface area contributed by atoms with Gasteiger partial charge in [0.25, 0.3) is 0 Å². The van der Waals surface area contributed by atoms with Crippen LogP contribution >= 0.6 is 0 Å². The second-order valence-corrected chi connectivity index (χ2v) is 9.56. The van der Waals surface area contributed by atoms with Crippen LogP contribution in [0.3, 0.4) is 0 Å². The second-order valence-electron chi connectivity index (χ2n) is 9.56. The predicted octanol–water partition coefficient (Wildman–Crippen LogP) is 10.9. The number of anilines is 3. The summed E-state index contributed by atoms with van der Waals surface area (Å²) in [5.74, 6) is 0. The van der Waals surface area contributed by atoms with Crippen LogP contribution in [-0.2, 0) is 0 Å². The molecule has 5 aromatic rings. The minimum Gasteiger partial charge on any atom is -0.311 e. The molecule has 0 atom stereocenters. The smallest absolute Gasteiger partial charge is 0.0462 e. The summed E-state index contributed by atoms with van der Waals surface area (Å²) in [6.45, 7) is 8.14. The molecule has 0 amide bonds. The van der Waals surface area contributed by atoms with Crippen LogP contribution in [0, 0.1) is 6.92 Å². The lowest BCUT2D eigenvalue weighted by molar-refractivity contribution is 1.28. The third kappa shape index (κ3) is 6.00. The Morgan fingerprint density at radius 2 is 1.00 bits per heavy atom. The number of rotatable bonds is 8. The van der Waals surface area contributed by atoms with Crippen molar-refractivity contribution in [2.75, 3.05) is 4.90 Å². The average Bonchev–Trinajstić information content (AvgIpc) is 3.00. The summed E-state index contributed by atoms with van der Waals surface area (Å²) < 4.78 is 0. The number of hydrogen-bond acceptors (Lipinski definition) is 1. The molecule has 0 aromatic heterocycles. The van der Waals surface area contributed by atoms with E-state index in [-0.39, 0.29) is 0 Å². The normalized spacial score (nSPS) is 11.5. The van der Waals surface area contributed by atoms with Crippen LogP contribution in [0.25, 0.3) is 27.8 Å². The minimum atomic E-state index is 1.10. The molecular weight excluding hydrogens is 470 g/mol. The van der Waals surface area contributed by atoms with Gasteiger partial charge in [0.2, 0.25) is 0 Å². The molecule has 0 saturated carbocycles. The largest absolute Gasteiger partial charge is 0.311 e. The first kappa shape index (κ1) is 25.8. The third-order valence-corrected chi connectivity index (χ3v) is 6.89. The second kappa shape index (κ2) is 12.1. The highest BCUT2D eigenvalue weighted by Gasteiger charge is 2.13. The van der Waals surface area contributed by atoms with E-state index in [1.165, 1.54) is 27.8 Å². The molecule has 0 aliphatic rings. The maximum Gasteiger partial charge on any atom is 0.0462 e. The van der Waals surface area contributed by atoms with Crippen molar-refractivity contribution in [3.63, 3.8) is 0 Å². The highest BCUT2D eigenvalue weighted by molar-refractivity contribution is 5.82. The van der Waals surface area contributed by atoms with Crippen molar-refractivity contribution in [1.82, 2.24) is 0 Å². The Kier molecular flexibility index (Phi) is 8.00. The van der Waals surface area contributed by atoms with Gasteiger partial charge in [-0.05, 0) is 83.6 Å². The number of nitrogens with zero attached hydrogens (tertiary/aromatic N) is 1. The predicted molar refractivity (Wildman–Crippen MR) is 170 cm³/mol. The van der Waals surface area contributed by atoms with Crippen LogP contribution in [0.1, 0.15) is 18.1 Å². The molecule has 0 saturated heterocycles. The molecule has 1 heteroatoms. The molecule has 0 spiro atoms. The van der Waals surface area contributed by atoms with E-state index in [1.54, 1.807) is 0 Å². The van der Waals surface area contributed by atoms with Crippen LogP contribution in [0.15, 0.2) is 158 Å². The molecule has 0 radical (unpaired) electrons. The lowest BCUT2D eigenvalue weighted by Gasteiger charge is -2.26. The van der Waals surface area contributed by atoms with Gasteiger partial charge in [-0.15, -0.1) is 0 Å². The van der Waals surface area contributed by atoms with Gasteiger partial charge in [0.15, 0.2) is 0 Å². The first-order valence-corrected chi connectivity index (χ1v) is 13.3. The van der Waals surface area contributed by atoms with Gasteiger partial charge >= 0.3 is 0 Å². The number of allylic oxidation sites excluding steroid dienone is 5. The molecule has 0 heterocycles. The van der Waals surface area contributed by atoms with Gasteiger partial charge in [-0.2, -0.15) is 0 Å². The summed E-state index contributed by atoms with van der Waals surface area (Å²) in [5.41, 5.74) is 11.7. The Morgan fingerprint density at radius 1 is 0.564 bits per heavy atom. The molecule has 0 N–H and O–H groups in total. The molecule has 1 nitrogen and oxygen atoms in total. The Morgan fingerprint density at radius 3 is 1.46 bits per heavy atom. The van der Waals surface area contributed by atoms with Crippen molar-refractivity contribution in [2.24, 2.45) is 0 Å². The van der Waals surface area contributed by atoms with Crippen molar-refractivity contribution in [3.05, 3.63) is 169 Å². The summed E-state index contributed by atoms with van der Waals surface area (Å²) >= 11 is 0. The summed E-state index contributed by atoms with van der Waals surface area (Å²) in [5, 5.41) is 0. The van der Waals surface area contributed by atoms with Gasteiger partial charge in [-0.25, -0.2) is 0 Å². The van der Waals surface area contributed by atoms with Gasteiger partial charge in [0, 0.05) is 17.1 Å². The van der Waals surface area contributed by atoms with Gasteiger partial charge in [-0.1, -0.05) is 127 Å². The Labute approximate surface area is 232 Å². The van der Waals surface area contributed by atoms with Crippen LogP contribution in [0.4, 0.5) is 17.1 Å². The molecule has 5 aromatic carbocycles. The topological polar surface area (TPSA) is 3.24 Å². The average molecular weight is 504 g/mol. The van der Waals surface area contributed by atoms with Crippen molar-refractivity contribution >= 4 is 22.6 Å².